The molecule has 1 aliphatic heterocycles. The first kappa shape index (κ1) is 15.7. The minimum atomic E-state index is -0.186. The third kappa shape index (κ3) is 4.95. The van der Waals surface area contributed by atoms with E-state index < -0.39 is 0 Å². The van der Waals surface area contributed by atoms with Crippen molar-refractivity contribution in [2.75, 3.05) is 58.2 Å². The molecule has 1 amide bonds. The van der Waals surface area contributed by atoms with Crippen LogP contribution in [0.15, 0.2) is 12.1 Å². The summed E-state index contributed by atoms with van der Waals surface area (Å²) in [7, 11) is 2.15. The van der Waals surface area contributed by atoms with Crippen molar-refractivity contribution in [3.05, 3.63) is 17.8 Å². The van der Waals surface area contributed by atoms with Gasteiger partial charge in [-0.05, 0) is 26.1 Å². The van der Waals surface area contributed by atoms with Crippen LogP contribution in [0.3, 0.4) is 0 Å². The van der Waals surface area contributed by atoms with Crippen molar-refractivity contribution >= 4 is 11.7 Å². The molecule has 0 saturated carbocycles. The van der Waals surface area contributed by atoms with Gasteiger partial charge in [0.15, 0.2) is 5.69 Å². The van der Waals surface area contributed by atoms with Crippen LogP contribution < -0.4 is 10.6 Å². The number of anilines is 1. The van der Waals surface area contributed by atoms with Gasteiger partial charge in [0.1, 0.15) is 5.82 Å². The molecule has 2 heterocycles. The van der Waals surface area contributed by atoms with Gasteiger partial charge in [-0.2, -0.15) is 0 Å². The van der Waals surface area contributed by atoms with E-state index in [4.69, 9.17) is 0 Å². The molecule has 0 spiro atoms. The first-order chi connectivity index (χ1) is 10.2. The topological polar surface area (TPSA) is 73.4 Å². The van der Waals surface area contributed by atoms with Gasteiger partial charge in [-0.3, -0.25) is 9.69 Å². The Morgan fingerprint density at radius 1 is 1.24 bits per heavy atom. The van der Waals surface area contributed by atoms with E-state index in [9.17, 15) is 4.79 Å². The standard InChI is InChI=1S/C14H24N6O/c1-3-15-14(21)12-4-5-13(18-17-12)16-6-7-20-10-8-19(2)9-11-20/h4-5H,3,6-11H2,1-2H3,(H,15,21)(H,16,18). The normalized spacial score (nSPS) is 16.7. The summed E-state index contributed by atoms with van der Waals surface area (Å²) in [6.07, 6.45) is 0. The summed E-state index contributed by atoms with van der Waals surface area (Å²) in [6, 6.07) is 3.48. The number of hydrogen-bond acceptors (Lipinski definition) is 6. The van der Waals surface area contributed by atoms with Crippen LogP contribution in [-0.2, 0) is 0 Å². The van der Waals surface area contributed by atoms with Crippen molar-refractivity contribution in [3.63, 3.8) is 0 Å². The quantitative estimate of drug-likeness (QED) is 0.762. The molecular weight excluding hydrogens is 268 g/mol. The lowest BCUT2D eigenvalue weighted by Crippen LogP contribution is -2.45. The number of piperazine rings is 1. The number of nitrogens with zero attached hydrogens (tertiary/aromatic N) is 4. The second kappa shape index (κ2) is 7.90. The highest BCUT2D eigenvalue weighted by Crippen LogP contribution is 2.03. The Hall–Kier alpha value is -1.73. The van der Waals surface area contributed by atoms with Crippen LogP contribution in [0.5, 0.6) is 0 Å². The first-order valence-corrected chi connectivity index (χ1v) is 7.45. The molecule has 2 N–H and O–H groups in total. The minimum absolute atomic E-state index is 0.186. The number of hydrogen-bond donors (Lipinski definition) is 2. The van der Waals surface area contributed by atoms with Gasteiger partial charge in [0.05, 0.1) is 0 Å². The molecule has 0 unspecified atom stereocenters. The average molecular weight is 292 g/mol. The Labute approximate surface area is 125 Å². The molecule has 1 aliphatic rings. The SMILES string of the molecule is CCNC(=O)c1ccc(NCCN2CCN(C)CC2)nn1. The maximum Gasteiger partial charge on any atom is 0.271 e. The number of carbonyl (C=O) groups excluding carboxylic acids is 1. The van der Waals surface area contributed by atoms with Crippen LogP contribution >= 0.6 is 0 Å². The Morgan fingerprint density at radius 3 is 2.62 bits per heavy atom. The molecule has 0 aromatic carbocycles. The molecule has 1 fully saturated rings. The second-order valence-electron chi connectivity index (χ2n) is 5.23. The van der Waals surface area contributed by atoms with E-state index in [2.05, 4.69) is 37.7 Å². The fourth-order valence-electron chi connectivity index (χ4n) is 2.21. The molecule has 21 heavy (non-hydrogen) atoms. The average Bonchev–Trinajstić information content (AvgIpc) is 2.50. The summed E-state index contributed by atoms with van der Waals surface area (Å²) in [4.78, 5) is 16.3. The summed E-state index contributed by atoms with van der Waals surface area (Å²) in [5.74, 6) is 0.520. The van der Waals surface area contributed by atoms with Gasteiger partial charge in [-0.15, -0.1) is 10.2 Å². The van der Waals surface area contributed by atoms with Gasteiger partial charge in [-0.25, -0.2) is 0 Å². The second-order valence-corrected chi connectivity index (χ2v) is 5.23. The number of nitrogens with one attached hydrogen (secondary N) is 2. The van der Waals surface area contributed by atoms with Gasteiger partial charge < -0.3 is 15.5 Å². The summed E-state index contributed by atoms with van der Waals surface area (Å²) in [5, 5.41) is 13.9. The van der Waals surface area contributed by atoms with Crippen LogP contribution in [0.4, 0.5) is 5.82 Å². The van der Waals surface area contributed by atoms with Crippen molar-refractivity contribution in [2.24, 2.45) is 0 Å². The van der Waals surface area contributed by atoms with Crippen molar-refractivity contribution in [1.29, 1.82) is 0 Å². The smallest absolute Gasteiger partial charge is 0.271 e. The fraction of sp³-hybridized carbons (Fsp3) is 0.643. The predicted molar refractivity (Wildman–Crippen MR) is 82.5 cm³/mol. The Balaban J connectivity index is 1.72. The van der Waals surface area contributed by atoms with Gasteiger partial charge in [0, 0.05) is 45.8 Å². The monoisotopic (exact) mass is 292 g/mol. The van der Waals surface area contributed by atoms with Gasteiger partial charge in [0.25, 0.3) is 5.91 Å². The van der Waals surface area contributed by atoms with E-state index in [1.54, 1.807) is 12.1 Å². The molecule has 0 bridgehead atoms. The van der Waals surface area contributed by atoms with E-state index >= 15 is 0 Å². The molecule has 0 atom stereocenters. The van der Waals surface area contributed by atoms with Crippen molar-refractivity contribution in [1.82, 2.24) is 25.3 Å². The highest BCUT2D eigenvalue weighted by atomic mass is 16.1. The molecule has 0 aliphatic carbocycles. The molecular formula is C14H24N6O. The van der Waals surface area contributed by atoms with E-state index in [0.717, 1.165) is 39.3 Å². The number of likely N-dealkylation sites (N-methyl/N-ethyl adjacent to an activating group) is 1. The Kier molecular flexibility index (Phi) is 5.89. The zero-order valence-electron chi connectivity index (χ0n) is 12.8. The number of aromatic nitrogens is 2. The highest BCUT2D eigenvalue weighted by molar-refractivity contribution is 5.92. The van der Waals surface area contributed by atoms with Crippen molar-refractivity contribution in [2.45, 2.75) is 6.92 Å². The summed E-state index contributed by atoms with van der Waals surface area (Å²) >= 11 is 0. The maximum absolute atomic E-state index is 11.6. The Morgan fingerprint density at radius 2 is 2.00 bits per heavy atom. The number of rotatable bonds is 6. The summed E-state index contributed by atoms with van der Waals surface area (Å²) in [5.41, 5.74) is 0.349. The lowest BCUT2D eigenvalue weighted by molar-refractivity contribution is 0.0950. The zero-order chi connectivity index (χ0) is 15.1. The molecule has 7 heteroatoms. The predicted octanol–water partition coefficient (Wildman–Crippen LogP) is -0.114. The molecule has 1 saturated heterocycles. The molecule has 1 aromatic rings. The summed E-state index contributed by atoms with van der Waals surface area (Å²) in [6.45, 7) is 8.76. The molecule has 2 rings (SSSR count). The van der Waals surface area contributed by atoms with E-state index in [0.29, 0.717) is 18.1 Å². The molecule has 1 aromatic heterocycles. The number of carbonyl (C=O) groups is 1. The highest BCUT2D eigenvalue weighted by Gasteiger charge is 2.13. The zero-order valence-corrected chi connectivity index (χ0v) is 12.8. The third-order valence-corrected chi connectivity index (χ3v) is 3.56. The maximum atomic E-state index is 11.6. The lowest BCUT2D eigenvalue weighted by atomic mass is 10.3. The van der Waals surface area contributed by atoms with Crippen LogP contribution in [0.1, 0.15) is 17.4 Å². The Bertz CT molecular complexity index is 441. The lowest BCUT2D eigenvalue weighted by Gasteiger charge is -2.32. The number of amides is 1. The van der Waals surface area contributed by atoms with Gasteiger partial charge >= 0.3 is 0 Å². The fourth-order valence-corrected chi connectivity index (χ4v) is 2.21. The molecule has 116 valence electrons. The van der Waals surface area contributed by atoms with Crippen molar-refractivity contribution in [3.8, 4) is 0 Å². The van der Waals surface area contributed by atoms with Crippen LogP contribution in [0.2, 0.25) is 0 Å². The largest absolute Gasteiger partial charge is 0.367 e. The van der Waals surface area contributed by atoms with Crippen LogP contribution in [0.25, 0.3) is 0 Å². The summed E-state index contributed by atoms with van der Waals surface area (Å²) < 4.78 is 0. The van der Waals surface area contributed by atoms with Crippen LogP contribution in [-0.4, -0.2) is 78.8 Å². The molecule has 7 nitrogen and oxygen atoms in total. The van der Waals surface area contributed by atoms with Gasteiger partial charge in [0.2, 0.25) is 0 Å². The van der Waals surface area contributed by atoms with Crippen molar-refractivity contribution < 1.29 is 4.79 Å². The van der Waals surface area contributed by atoms with E-state index in [1.807, 2.05) is 6.92 Å². The minimum Gasteiger partial charge on any atom is -0.367 e. The third-order valence-electron chi connectivity index (χ3n) is 3.56. The van der Waals surface area contributed by atoms with E-state index in [-0.39, 0.29) is 5.91 Å². The first-order valence-electron chi connectivity index (χ1n) is 7.45. The van der Waals surface area contributed by atoms with Gasteiger partial charge in [-0.1, -0.05) is 0 Å². The van der Waals surface area contributed by atoms with Crippen LogP contribution in [0, 0.1) is 0 Å². The molecule has 0 radical (unpaired) electrons. The van der Waals surface area contributed by atoms with E-state index in [1.165, 1.54) is 0 Å².